The molecule has 2 aromatic rings. The smallest absolute Gasteiger partial charge is 0.392 e. The Morgan fingerprint density at radius 1 is 1.41 bits per heavy atom. The summed E-state index contributed by atoms with van der Waals surface area (Å²) in [7, 11) is 0. The number of aromatic nitrogens is 1. The van der Waals surface area contributed by atoms with Crippen molar-refractivity contribution >= 4 is 28.7 Å². The molecule has 0 bridgehead atoms. The van der Waals surface area contributed by atoms with Crippen LogP contribution < -0.4 is 0 Å². The fourth-order valence-corrected chi connectivity index (χ4v) is 2.67. The summed E-state index contributed by atoms with van der Waals surface area (Å²) in [5, 5.41) is 9.39. The number of halogens is 1. The Labute approximate surface area is 102 Å². The van der Waals surface area contributed by atoms with Crippen LogP contribution in [0.2, 0.25) is 5.02 Å². The first kappa shape index (κ1) is 10.6. The van der Waals surface area contributed by atoms with Gasteiger partial charge in [-0.25, -0.2) is 9.78 Å². The zero-order chi connectivity index (χ0) is 12.0. The summed E-state index contributed by atoms with van der Waals surface area (Å²) >= 11 is 6.26. The minimum absolute atomic E-state index is 0.302. The number of hydrogen-bond donors (Lipinski definition) is 1. The van der Waals surface area contributed by atoms with E-state index in [1.54, 1.807) is 0 Å². The largest absolute Gasteiger partial charge is 0.474 e. The molecule has 0 amide bonds. The lowest BCUT2D eigenvalue weighted by Gasteiger charge is -2.16. The van der Waals surface area contributed by atoms with Crippen molar-refractivity contribution in [1.29, 1.82) is 0 Å². The number of carboxylic acid groups (broad SMARTS) is 1. The fourth-order valence-electron chi connectivity index (χ4n) is 2.32. The van der Waals surface area contributed by atoms with Gasteiger partial charge in [0.25, 0.3) is 0 Å². The monoisotopic (exact) mass is 251 g/mol. The van der Waals surface area contributed by atoms with E-state index in [9.17, 15) is 4.79 Å². The van der Waals surface area contributed by atoms with Crippen molar-refractivity contribution in [3.63, 3.8) is 0 Å². The summed E-state index contributed by atoms with van der Waals surface area (Å²) in [6.45, 7) is 0. The first-order chi connectivity index (χ1) is 8.16. The molecule has 3 rings (SSSR count). The number of fused-ring (bicyclic) bond motifs is 2. The molecule has 0 unspecified atom stereocenters. The molecule has 0 fully saturated rings. The molecule has 0 aliphatic heterocycles. The standard InChI is InChI=1S/C12H10ClNO3/c13-9-7-4-2-1-3-6(7)5-8-10(9)14-11(17-8)12(15)16/h5H,1-4H2,(H,15,16). The van der Waals surface area contributed by atoms with E-state index in [1.807, 2.05) is 6.07 Å². The number of carbonyl (C=O) groups is 1. The Morgan fingerprint density at radius 2 is 2.18 bits per heavy atom. The zero-order valence-corrected chi connectivity index (χ0v) is 9.75. The molecule has 88 valence electrons. The second-order valence-corrected chi connectivity index (χ2v) is 4.58. The van der Waals surface area contributed by atoms with Crippen LogP contribution in [0, 0.1) is 0 Å². The number of hydrogen-bond acceptors (Lipinski definition) is 3. The van der Waals surface area contributed by atoms with E-state index in [0.29, 0.717) is 16.1 Å². The van der Waals surface area contributed by atoms with Gasteiger partial charge >= 0.3 is 11.9 Å². The van der Waals surface area contributed by atoms with Crippen LogP contribution >= 0.6 is 11.6 Å². The highest BCUT2D eigenvalue weighted by Gasteiger charge is 2.21. The maximum absolute atomic E-state index is 10.8. The van der Waals surface area contributed by atoms with Gasteiger partial charge in [0.1, 0.15) is 5.52 Å². The van der Waals surface area contributed by atoms with E-state index in [1.165, 1.54) is 0 Å². The first-order valence-electron chi connectivity index (χ1n) is 5.51. The van der Waals surface area contributed by atoms with E-state index in [-0.39, 0.29) is 5.89 Å². The highest BCUT2D eigenvalue weighted by atomic mass is 35.5. The lowest BCUT2D eigenvalue weighted by atomic mass is 9.91. The summed E-state index contributed by atoms with van der Waals surface area (Å²) in [6.07, 6.45) is 4.14. The van der Waals surface area contributed by atoms with Crippen molar-refractivity contribution < 1.29 is 14.3 Å². The number of aryl methyl sites for hydroxylation is 1. The van der Waals surface area contributed by atoms with Crippen molar-refractivity contribution in [2.45, 2.75) is 25.7 Å². The molecule has 5 heteroatoms. The number of carboxylic acids is 1. The van der Waals surface area contributed by atoms with E-state index in [0.717, 1.165) is 36.8 Å². The molecule has 1 aromatic heterocycles. The molecule has 0 saturated heterocycles. The van der Waals surface area contributed by atoms with Crippen LogP contribution in [0.1, 0.15) is 34.7 Å². The van der Waals surface area contributed by atoms with Crippen LogP contribution in [0.5, 0.6) is 0 Å². The summed E-state index contributed by atoms with van der Waals surface area (Å²) in [5.74, 6) is -1.47. The lowest BCUT2D eigenvalue weighted by molar-refractivity contribution is 0.0656. The highest BCUT2D eigenvalue weighted by molar-refractivity contribution is 6.35. The summed E-state index contributed by atoms with van der Waals surface area (Å²) in [6, 6.07) is 1.87. The van der Waals surface area contributed by atoms with E-state index in [4.69, 9.17) is 21.1 Å². The Balaban J connectivity index is 2.28. The molecule has 1 aliphatic rings. The van der Waals surface area contributed by atoms with Crippen molar-refractivity contribution in [2.75, 3.05) is 0 Å². The minimum atomic E-state index is -1.17. The third kappa shape index (κ3) is 1.60. The van der Waals surface area contributed by atoms with Crippen molar-refractivity contribution in [1.82, 2.24) is 4.98 Å². The maximum atomic E-state index is 10.8. The van der Waals surface area contributed by atoms with Crippen LogP contribution in [0.25, 0.3) is 11.1 Å². The minimum Gasteiger partial charge on any atom is -0.474 e. The molecule has 0 saturated carbocycles. The van der Waals surface area contributed by atoms with Gasteiger partial charge < -0.3 is 9.52 Å². The van der Waals surface area contributed by atoms with Gasteiger partial charge in [-0.1, -0.05) is 11.6 Å². The second kappa shape index (κ2) is 3.74. The molecule has 1 N–H and O–H groups in total. The average Bonchev–Trinajstić information content (AvgIpc) is 2.74. The third-order valence-corrected chi connectivity index (χ3v) is 3.53. The molecule has 1 heterocycles. The molecule has 1 aliphatic carbocycles. The van der Waals surface area contributed by atoms with Gasteiger partial charge in [-0.05, 0) is 42.9 Å². The molecular weight excluding hydrogens is 242 g/mol. The fraction of sp³-hybridized carbons (Fsp3) is 0.333. The maximum Gasteiger partial charge on any atom is 0.392 e. The van der Waals surface area contributed by atoms with E-state index < -0.39 is 5.97 Å². The van der Waals surface area contributed by atoms with Crippen LogP contribution in [-0.4, -0.2) is 16.1 Å². The Bertz CT molecular complexity index is 618. The Kier molecular flexibility index (Phi) is 2.33. The van der Waals surface area contributed by atoms with Gasteiger partial charge in [0.15, 0.2) is 5.58 Å². The number of nitrogens with zero attached hydrogens (tertiary/aromatic N) is 1. The normalized spacial score (nSPS) is 14.9. The summed E-state index contributed by atoms with van der Waals surface area (Å²) < 4.78 is 5.18. The highest BCUT2D eigenvalue weighted by Crippen LogP contribution is 2.34. The van der Waals surface area contributed by atoms with Crippen molar-refractivity contribution in [2.24, 2.45) is 0 Å². The first-order valence-corrected chi connectivity index (χ1v) is 5.88. The number of aromatic carboxylic acids is 1. The number of benzene rings is 1. The van der Waals surface area contributed by atoms with E-state index >= 15 is 0 Å². The van der Waals surface area contributed by atoms with Gasteiger partial charge in [-0.15, -0.1) is 0 Å². The van der Waals surface area contributed by atoms with E-state index in [2.05, 4.69) is 4.98 Å². The Morgan fingerprint density at radius 3 is 2.94 bits per heavy atom. The van der Waals surface area contributed by atoms with Crippen LogP contribution in [0.4, 0.5) is 0 Å². The van der Waals surface area contributed by atoms with Crippen molar-refractivity contribution in [3.8, 4) is 0 Å². The van der Waals surface area contributed by atoms with Gasteiger partial charge in [0, 0.05) is 0 Å². The predicted octanol–water partition coefficient (Wildman–Crippen LogP) is 3.06. The van der Waals surface area contributed by atoms with Crippen LogP contribution in [0.3, 0.4) is 0 Å². The number of rotatable bonds is 1. The molecule has 0 spiro atoms. The van der Waals surface area contributed by atoms with Crippen LogP contribution in [-0.2, 0) is 12.8 Å². The third-order valence-electron chi connectivity index (χ3n) is 3.13. The Hall–Kier alpha value is -1.55. The van der Waals surface area contributed by atoms with Gasteiger partial charge in [-0.3, -0.25) is 0 Å². The zero-order valence-electron chi connectivity index (χ0n) is 8.99. The van der Waals surface area contributed by atoms with Crippen LogP contribution in [0.15, 0.2) is 10.5 Å². The van der Waals surface area contributed by atoms with Gasteiger partial charge in [0.05, 0.1) is 5.02 Å². The molecule has 1 aromatic carbocycles. The SMILES string of the molecule is O=C(O)c1nc2c(Cl)c3c(cc2o1)CCCC3. The molecule has 17 heavy (non-hydrogen) atoms. The van der Waals surface area contributed by atoms with Crippen molar-refractivity contribution in [3.05, 3.63) is 28.1 Å². The number of oxazole rings is 1. The molecule has 0 radical (unpaired) electrons. The predicted molar refractivity (Wildman–Crippen MR) is 62.6 cm³/mol. The lowest BCUT2D eigenvalue weighted by Crippen LogP contribution is -2.03. The molecular formula is C12H10ClNO3. The summed E-state index contributed by atoms with van der Waals surface area (Å²) in [5.41, 5.74) is 3.18. The summed E-state index contributed by atoms with van der Waals surface area (Å²) in [4.78, 5) is 14.7. The molecule has 0 atom stereocenters. The van der Waals surface area contributed by atoms with Gasteiger partial charge in [0.2, 0.25) is 0 Å². The average molecular weight is 252 g/mol. The second-order valence-electron chi connectivity index (χ2n) is 4.21. The quantitative estimate of drug-likeness (QED) is 0.846. The molecule has 4 nitrogen and oxygen atoms in total. The topological polar surface area (TPSA) is 63.3 Å². The van der Waals surface area contributed by atoms with Gasteiger partial charge in [-0.2, -0.15) is 0 Å².